The summed E-state index contributed by atoms with van der Waals surface area (Å²) in [4.78, 5) is 0. The van der Waals surface area contributed by atoms with Crippen molar-refractivity contribution in [2.75, 3.05) is 0 Å². The first-order valence-corrected chi connectivity index (χ1v) is 3.73. The summed E-state index contributed by atoms with van der Waals surface area (Å²) < 4.78 is 13.5. The molecular formula is C9H11ClFN. The van der Waals surface area contributed by atoms with E-state index in [0.717, 1.165) is 0 Å². The average Bonchev–Trinajstić information content (AvgIpc) is 2.64. The normalized spacial score (nSPS) is 32.3. The molecule has 1 fully saturated rings. The first-order valence-electron chi connectivity index (χ1n) is 3.73. The zero-order valence-electron chi connectivity index (χ0n) is 6.53. The lowest BCUT2D eigenvalue weighted by Crippen LogP contribution is -2.12. The Kier molecular flexibility index (Phi) is 2.40. The summed E-state index contributed by atoms with van der Waals surface area (Å²) in [6, 6.07) is 8.83. The minimum Gasteiger partial charge on any atom is -0.325 e. The van der Waals surface area contributed by atoms with E-state index in [1.807, 2.05) is 18.2 Å². The van der Waals surface area contributed by atoms with Crippen molar-refractivity contribution in [2.24, 2.45) is 5.73 Å². The highest BCUT2D eigenvalue weighted by Gasteiger charge is 2.54. The number of benzene rings is 1. The van der Waals surface area contributed by atoms with Crippen LogP contribution in [0.25, 0.3) is 0 Å². The third-order valence-corrected chi connectivity index (χ3v) is 2.20. The maximum atomic E-state index is 13.5. The van der Waals surface area contributed by atoms with Crippen molar-refractivity contribution < 1.29 is 4.39 Å². The van der Waals surface area contributed by atoms with Gasteiger partial charge in [0, 0.05) is 12.5 Å². The molecule has 0 saturated heterocycles. The molecule has 0 amide bonds. The van der Waals surface area contributed by atoms with E-state index in [0.29, 0.717) is 12.0 Å². The molecule has 2 rings (SSSR count). The molecule has 3 heteroatoms. The van der Waals surface area contributed by atoms with Crippen LogP contribution in [0.5, 0.6) is 0 Å². The molecule has 2 unspecified atom stereocenters. The number of rotatable bonds is 1. The van der Waals surface area contributed by atoms with Crippen molar-refractivity contribution in [1.82, 2.24) is 0 Å². The summed E-state index contributed by atoms with van der Waals surface area (Å²) >= 11 is 0. The van der Waals surface area contributed by atoms with Crippen molar-refractivity contribution in [3.8, 4) is 0 Å². The third-order valence-electron chi connectivity index (χ3n) is 2.20. The van der Waals surface area contributed by atoms with E-state index in [2.05, 4.69) is 0 Å². The standard InChI is InChI=1S/C9H10FN.ClH/c10-9(6-8(9)11)7-4-2-1-3-5-7;/h1-5,8H,6,11H2;1H. The lowest BCUT2D eigenvalue weighted by atomic mass is 10.1. The van der Waals surface area contributed by atoms with Crippen molar-refractivity contribution in [1.29, 1.82) is 0 Å². The molecule has 0 aliphatic heterocycles. The predicted molar refractivity (Wildman–Crippen MR) is 49.1 cm³/mol. The zero-order valence-corrected chi connectivity index (χ0v) is 7.35. The number of halogens is 2. The number of hydrogen-bond acceptors (Lipinski definition) is 1. The van der Waals surface area contributed by atoms with Gasteiger partial charge in [-0.1, -0.05) is 30.3 Å². The number of nitrogens with two attached hydrogens (primary N) is 1. The molecule has 66 valence electrons. The van der Waals surface area contributed by atoms with Crippen LogP contribution in [0.15, 0.2) is 30.3 Å². The van der Waals surface area contributed by atoms with Gasteiger partial charge in [-0.25, -0.2) is 4.39 Å². The average molecular weight is 188 g/mol. The summed E-state index contributed by atoms with van der Waals surface area (Å²) in [5.74, 6) is 0. The van der Waals surface area contributed by atoms with Gasteiger partial charge in [0.25, 0.3) is 0 Å². The van der Waals surface area contributed by atoms with Gasteiger partial charge in [0.2, 0.25) is 0 Å². The largest absolute Gasteiger partial charge is 0.325 e. The topological polar surface area (TPSA) is 26.0 Å². The lowest BCUT2D eigenvalue weighted by molar-refractivity contribution is 0.306. The predicted octanol–water partition coefficient (Wildman–Crippen LogP) is 2.00. The van der Waals surface area contributed by atoms with E-state index in [1.54, 1.807) is 12.1 Å². The minimum atomic E-state index is -1.22. The Labute approximate surface area is 77.2 Å². The smallest absolute Gasteiger partial charge is 0.152 e. The highest BCUT2D eigenvalue weighted by Crippen LogP contribution is 2.48. The van der Waals surface area contributed by atoms with Crippen molar-refractivity contribution in [3.63, 3.8) is 0 Å². The molecule has 0 aromatic heterocycles. The van der Waals surface area contributed by atoms with Crippen molar-refractivity contribution >= 4 is 12.4 Å². The Bertz CT molecular complexity index is 264. The van der Waals surface area contributed by atoms with Gasteiger partial charge in [0.1, 0.15) is 0 Å². The summed E-state index contributed by atoms with van der Waals surface area (Å²) in [5, 5.41) is 0. The highest BCUT2D eigenvalue weighted by molar-refractivity contribution is 5.85. The summed E-state index contributed by atoms with van der Waals surface area (Å²) in [6.07, 6.45) is 0.469. The molecular weight excluding hydrogens is 177 g/mol. The van der Waals surface area contributed by atoms with Gasteiger partial charge in [0.15, 0.2) is 5.67 Å². The Morgan fingerprint density at radius 2 is 1.83 bits per heavy atom. The second-order valence-electron chi connectivity index (χ2n) is 3.04. The number of hydrogen-bond donors (Lipinski definition) is 1. The summed E-state index contributed by atoms with van der Waals surface area (Å²) in [6.45, 7) is 0. The molecule has 0 bridgehead atoms. The van der Waals surface area contributed by atoms with Crippen LogP contribution in [0.4, 0.5) is 4.39 Å². The molecule has 0 radical (unpaired) electrons. The van der Waals surface area contributed by atoms with Gasteiger partial charge in [-0.15, -0.1) is 12.4 Å². The molecule has 1 aliphatic rings. The third kappa shape index (κ3) is 1.32. The monoisotopic (exact) mass is 187 g/mol. The van der Waals surface area contributed by atoms with Gasteiger partial charge < -0.3 is 5.73 Å². The Balaban J connectivity index is 0.000000720. The molecule has 1 nitrogen and oxygen atoms in total. The molecule has 2 atom stereocenters. The molecule has 1 aliphatic carbocycles. The highest BCUT2D eigenvalue weighted by atomic mass is 35.5. The SMILES string of the molecule is Cl.NC1CC1(F)c1ccccc1. The van der Waals surface area contributed by atoms with E-state index in [-0.39, 0.29) is 18.4 Å². The van der Waals surface area contributed by atoms with Crippen LogP contribution in [0.2, 0.25) is 0 Å². The fourth-order valence-corrected chi connectivity index (χ4v) is 1.31. The van der Waals surface area contributed by atoms with E-state index in [9.17, 15) is 4.39 Å². The van der Waals surface area contributed by atoms with Crippen LogP contribution in [0, 0.1) is 0 Å². The molecule has 0 spiro atoms. The molecule has 0 heterocycles. The van der Waals surface area contributed by atoms with Crippen molar-refractivity contribution in [3.05, 3.63) is 35.9 Å². The quantitative estimate of drug-likeness (QED) is 0.715. The molecule has 1 aromatic rings. The maximum absolute atomic E-state index is 13.5. The first kappa shape index (κ1) is 9.49. The van der Waals surface area contributed by atoms with Gasteiger partial charge in [-0.05, 0) is 5.56 Å². The molecule has 1 aromatic carbocycles. The van der Waals surface area contributed by atoms with E-state index < -0.39 is 5.67 Å². The zero-order chi connectivity index (χ0) is 7.90. The van der Waals surface area contributed by atoms with Crippen LogP contribution in [0.1, 0.15) is 12.0 Å². The fourth-order valence-electron chi connectivity index (χ4n) is 1.31. The van der Waals surface area contributed by atoms with Crippen LogP contribution < -0.4 is 5.73 Å². The fraction of sp³-hybridized carbons (Fsp3) is 0.333. The summed E-state index contributed by atoms with van der Waals surface area (Å²) in [5.41, 5.74) is 4.95. The van der Waals surface area contributed by atoms with Crippen LogP contribution in [-0.4, -0.2) is 6.04 Å². The second-order valence-corrected chi connectivity index (χ2v) is 3.04. The Morgan fingerprint density at radius 1 is 1.33 bits per heavy atom. The van der Waals surface area contributed by atoms with E-state index >= 15 is 0 Å². The summed E-state index contributed by atoms with van der Waals surface area (Å²) in [7, 11) is 0. The minimum absolute atomic E-state index is 0. The van der Waals surface area contributed by atoms with E-state index in [1.165, 1.54) is 0 Å². The molecule has 12 heavy (non-hydrogen) atoms. The molecule has 1 saturated carbocycles. The van der Waals surface area contributed by atoms with Crippen LogP contribution >= 0.6 is 12.4 Å². The van der Waals surface area contributed by atoms with Gasteiger partial charge >= 0.3 is 0 Å². The van der Waals surface area contributed by atoms with Gasteiger partial charge in [0.05, 0.1) is 0 Å². The van der Waals surface area contributed by atoms with Crippen molar-refractivity contribution in [2.45, 2.75) is 18.1 Å². The number of alkyl halides is 1. The van der Waals surface area contributed by atoms with E-state index in [4.69, 9.17) is 5.73 Å². The Hall–Kier alpha value is -0.600. The van der Waals surface area contributed by atoms with Crippen LogP contribution in [0.3, 0.4) is 0 Å². The van der Waals surface area contributed by atoms with Gasteiger partial charge in [-0.3, -0.25) is 0 Å². The van der Waals surface area contributed by atoms with Gasteiger partial charge in [-0.2, -0.15) is 0 Å². The second kappa shape index (κ2) is 3.04. The Morgan fingerprint density at radius 3 is 2.25 bits per heavy atom. The lowest BCUT2D eigenvalue weighted by Gasteiger charge is -2.04. The van der Waals surface area contributed by atoms with Crippen LogP contribution in [-0.2, 0) is 5.67 Å². The first-order chi connectivity index (χ1) is 5.23. The maximum Gasteiger partial charge on any atom is 0.152 e. The molecule has 2 N–H and O–H groups in total.